The van der Waals surface area contributed by atoms with Crippen molar-refractivity contribution in [3.05, 3.63) is 54.5 Å². The molecule has 0 unspecified atom stereocenters. The predicted octanol–water partition coefficient (Wildman–Crippen LogP) is 4.86. The molecule has 0 aliphatic carbocycles. The fourth-order valence-electron chi connectivity index (χ4n) is 3.88. The number of piperidine rings is 1. The summed E-state index contributed by atoms with van der Waals surface area (Å²) in [6.07, 6.45) is 5.69. The van der Waals surface area contributed by atoms with Crippen LogP contribution in [0.1, 0.15) is 26.2 Å². The minimum Gasteiger partial charge on any atom is -0.492 e. The standard InChI is InChI=1S/C24H29FN6O3S/c1-3-34-22-15-17(31-13-7-4-8-14-31)11-12-21(22)28-24-26-16-18(25)23(29-24)27-19-9-5-6-10-20(19)30-35(2,32)33/h5-6,9-12,15-16,30H,3-4,7-8,13-14H2,1-2H3,(H2,26,27,28,29). The van der Waals surface area contributed by atoms with Crippen LogP contribution in [0.2, 0.25) is 0 Å². The van der Waals surface area contributed by atoms with E-state index >= 15 is 0 Å². The Balaban J connectivity index is 1.58. The number of hydrogen-bond acceptors (Lipinski definition) is 8. The topological polar surface area (TPSA) is 108 Å². The summed E-state index contributed by atoms with van der Waals surface area (Å²) < 4.78 is 46.1. The van der Waals surface area contributed by atoms with Gasteiger partial charge in [0.1, 0.15) is 5.75 Å². The lowest BCUT2D eigenvalue weighted by molar-refractivity contribution is 0.342. The van der Waals surface area contributed by atoms with E-state index in [1.165, 1.54) is 19.3 Å². The van der Waals surface area contributed by atoms with E-state index in [0.717, 1.165) is 31.2 Å². The molecule has 186 valence electrons. The molecule has 0 spiro atoms. The highest BCUT2D eigenvalue weighted by atomic mass is 32.2. The molecule has 0 radical (unpaired) electrons. The molecule has 35 heavy (non-hydrogen) atoms. The number of hydrogen-bond donors (Lipinski definition) is 3. The van der Waals surface area contributed by atoms with E-state index in [4.69, 9.17) is 4.74 Å². The van der Waals surface area contributed by atoms with Crippen molar-refractivity contribution in [2.75, 3.05) is 46.2 Å². The van der Waals surface area contributed by atoms with Crippen molar-refractivity contribution in [2.45, 2.75) is 26.2 Å². The normalized spacial score (nSPS) is 13.9. The Kier molecular flexibility index (Phi) is 7.54. The minimum absolute atomic E-state index is 0.104. The predicted molar refractivity (Wildman–Crippen MR) is 137 cm³/mol. The van der Waals surface area contributed by atoms with Crippen LogP contribution in [-0.2, 0) is 10.0 Å². The van der Waals surface area contributed by atoms with Gasteiger partial charge in [0.05, 0.1) is 36.1 Å². The van der Waals surface area contributed by atoms with E-state index in [9.17, 15) is 12.8 Å². The van der Waals surface area contributed by atoms with Gasteiger partial charge in [0.15, 0.2) is 11.6 Å². The van der Waals surface area contributed by atoms with Crippen molar-refractivity contribution in [1.29, 1.82) is 0 Å². The molecule has 1 saturated heterocycles. The van der Waals surface area contributed by atoms with Gasteiger partial charge >= 0.3 is 0 Å². The molecule has 0 amide bonds. The summed E-state index contributed by atoms with van der Waals surface area (Å²) in [6, 6.07) is 12.5. The highest BCUT2D eigenvalue weighted by molar-refractivity contribution is 7.92. The van der Waals surface area contributed by atoms with Crippen molar-refractivity contribution in [3.8, 4) is 5.75 Å². The molecule has 0 bridgehead atoms. The summed E-state index contributed by atoms with van der Waals surface area (Å²) in [5.74, 6) is 0.0261. The van der Waals surface area contributed by atoms with Gasteiger partial charge in [0, 0.05) is 24.8 Å². The van der Waals surface area contributed by atoms with E-state index in [-0.39, 0.29) is 17.5 Å². The van der Waals surface area contributed by atoms with Crippen molar-refractivity contribution in [2.24, 2.45) is 0 Å². The Morgan fingerprint density at radius 2 is 1.77 bits per heavy atom. The summed E-state index contributed by atoms with van der Waals surface area (Å²) in [5.41, 5.74) is 2.37. The maximum absolute atomic E-state index is 14.5. The maximum atomic E-state index is 14.5. The van der Waals surface area contributed by atoms with Crippen molar-refractivity contribution in [3.63, 3.8) is 0 Å². The number of ether oxygens (including phenoxy) is 1. The average Bonchev–Trinajstić information content (AvgIpc) is 2.83. The Bertz CT molecular complexity index is 1280. The zero-order valence-electron chi connectivity index (χ0n) is 19.7. The van der Waals surface area contributed by atoms with Crippen LogP contribution in [0.3, 0.4) is 0 Å². The van der Waals surface area contributed by atoms with Crippen molar-refractivity contribution < 1.29 is 17.5 Å². The Hall–Kier alpha value is -3.60. The lowest BCUT2D eigenvalue weighted by atomic mass is 10.1. The number of para-hydroxylation sites is 2. The number of benzene rings is 2. The molecule has 9 nitrogen and oxygen atoms in total. The molecule has 3 aromatic rings. The highest BCUT2D eigenvalue weighted by Gasteiger charge is 2.16. The number of aromatic nitrogens is 2. The van der Waals surface area contributed by atoms with Gasteiger partial charge in [-0.3, -0.25) is 4.72 Å². The number of anilines is 6. The van der Waals surface area contributed by atoms with Gasteiger partial charge in [0.2, 0.25) is 16.0 Å². The summed E-state index contributed by atoms with van der Waals surface area (Å²) >= 11 is 0. The number of sulfonamides is 1. The van der Waals surface area contributed by atoms with Gasteiger partial charge in [0.25, 0.3) is 0 Å². The van der Waals surface area contributed by atoms with Crippen LogP contribution >= 0.6 is 0 Å². The minimum atomic E-state index is -3.52. The van der Waals surface area contributed by atoms with E-state index in [1.807, 2.05) is 25.1 Å². The molecule has 2 heterocycles. The fraction of sp³-hybridized carbons (Fsp3) is 0.333. The highest BCUT2D eigenvalue weighted by Crippen LogP contribution is 2.33. The zero-order valence-corrected chi connectivity index (χ0v) is 20.5. The van der Waals surface area contributed by atoms with E-state index < -0.39 is 15.8 Å². The first-order valence-electron chi connectivity index (χ1n) is 11.5. The van der Waals surface area contributed by atoms with E-state index in [2.05, 4.69) is 30.2 Å². The molecule has 1 aliphatic rings. The Labute approximate surface area is 204 Å². The van der Waals surface area contributed by atoms with Crippen LogP contribution in [0.4, 0.5) is 38.9 Å². The van der Waals surface area contributed by atoms with Gasteiger partial charge < -0.3 is 20.3 Å². The first-order chi connectivity index (χ1) is 16.8. The number of rotatable bonds is 9. The summed E-state index contributed by atoms with van der Waals surface area (Å²) in [7, 11) is -3.52. The molecule has 4 rings (SSSR count). The van der Waals surface area contributed by atoms with Crippen LogP contribution in [0.25, 0.3) is 0 Å². The van der Waals surface area contributed by atoms with Gasteiger partial charge in [-0.1, -0.05) is 12.1 Å². The zero-order chi connectivity index (χ0) is 24.8. The Morgan fingerprint density at radius 3 is 2.49 bits per heavy atom. The monoisotopic (exact) mass is 500 g/mol. The van der Waals surface area contributed by atoms with Crippen molar-refractivity contribution >= 4 is 44.5 Å². The SMILES string of the molecule is CCOc1cc(N2CCCCC2)ccc1Nc1ncc(F)c(Nc2ccccc2NS(C)(=O)=O)n1. The lowest BCUT2D eigenvalue weighted by Crippen LogP contribution is -2.29. The first kappa shape index (κ1) is 24.5. The first-order valence-corrected chi connectivity index (χ1v) is 13.4. The van der Waals surface area contributed by atoms with Crippen LogP contribution in [0.5, 0.6) is 5.75 Å². The molecule has 11 heteroatoms. The van der Waals surface area contributed by atoms with Crippen LogP contribution in [0.15, 0.2) is 48.7 Å². The van der Waals surface area contributed by atoms with Crippen LogP contribution < -0.4 is 25.0 Å². The van der Waals surface area contributed by atoms with Gasteiger partial charge in [-0.25, -0.2) is 17.8 Å². The second-order valence-electron chi connectivity index (χ2n) is 8.22. The lowest BCUT2D eigenvalue weighted by Gasteiger charge is -2.29. The average molecular weight is 501 g/mol. The molecule has 1 fully saturated rings. The molecule has 2 aromatic carbocycles. The summed E-state index contributed by atoms with van der Waals surface area (Å²) in [5, 5.41) is 5.96. The third-order valence-electron chi connectivity index (χ3n) is 5.45. The number of nitrogens with zero attached hydrogens (tertiary/aromatic N) is 3. The molecular weight excluding hydrogens is 471 g/mol. The van der Waals surface area contributed by atoms with Crippen LogP contribution in [0, 0.1) is 5.82 Å². The van der Waals surface area contributed by atoms with Gasteiger partial charge in [-0.05, 0) is 50.5 Å². The van der Waals surface area contributed by atoms with Gasteiger partial charge in [-0.15, -0.1) is 0 Å². The second kappa shape index (κ2) is 10.8. The number of nitrogens with one attached hydrogen (secondary N) is 3. The molecular formula is C24H29FN6O3S. The third kappa shape index (κ3) is 6.50. The smallest absolute Gasteiger partial charge is 0.229 e. The molecule has 3 N–H and O–H groups in total. The molecule has 1 aliphatic heterocycles. The maximum Gasteiger partial charge on any atom is 0.229 e. The molecule has 1 aromatic heterocycles. The van der Waals surface area contributed by atoms with E-state index in [0.29, 0.717) is 23.7 Å². The number of halogens is 1. The third-order valence-corrected chi connectivity index (χ3v) is 6.04. The Morgan fingerprint density at radius 1 is 1.03 bits per heavy atom. The quantitative estimate of drug-likeness (QED) is 0.382. The second-order valence-corrected chi connectivity index (χ2v) is 9.97. The molecule has 0 atom stereocenters. The van der Waals surface area contributed by atoms with Crippen molar-refractivity contribution in [1.82, 2.24) is 9.97 Å². The summed E-state index contributed by atoms with van der Waals surface area (Å²) in [4.78, 5) is 10.7. The van der Waals surface area contributed by atoms with E-state index in [1.54, 1.807) is 24.3 Å². The fourth-order valence-corrected chi connectivity index (χ4v) is 4.46. The largest absolute Gasteiger partial charge is 0.492 e. The van der Waals surface area contributed by atoms with Crippen LogP contribution in [-0.4, -0.2) is 44.3 Å². The van der Waals surface area contributed by atoms with Gasteiger partial charge in [-0.2, -0.15) is 4.98 Å². The summed E-state index contributed by atoms with van der Waals surface area (Å²) in [6.45, 7) is 4.43. The molecule has 0 saturated carbocycles.